The molecule has 0 amide bonds. The monoisotopic (exact) mass is 514 g/mol. The fourth-order valence-electron chi connectivity index (χ4n) is 7.02. The second kappa shape index (κ2) is 8.90. The number of nitrogens with one attached hydrogen (secondary N) is 1. The van der Waals surface area contributed by atoms with Crippen LogP contribution in [0.3, 0.4) is 0 Å². The van der Waals surface area contributed by atoms with E-state index in [0.717, 1.165) is 61.2 Å². The van der Waals surface area contributed by atoms with Gasteiger partial charge in [-0.25, -0.2) is 4.39 Å². The number of benzene rings is 1. The Balaban J connectivity index is 1.30. The minimum Gasteiger partial charge on any atom is -0.353 e. The van der Waals surface area contributed by atoms with Crippen LogP contribution in [-0.2, 0) is 19.0 Å². The summed E-state index contributed by atoms with van der Waals surface area (Å²) in [4.78, 5) is 19.5. The summed E-state index contributed by atoms with van der Waals surface area (Å²) in [6, 6.07) is 10.6. The van der Waals surface area contributed by atoms with Crippen molar-refractivity contribution in [3.63, 3.8) is 0 Å². The number of alkyl halides is 1. The zero-order valence-electron chi connectivity index (χ0n) is 22.2. The molecule has 4 heterocycles. The molecule has 7 rings (SSSR count). The van der Waals surface area contributed by atoms with Crippen LogP contribution in [0.5, 0.6) is 0 Å². The number of rotatable bonds is 6. The van der Waals surface area contributed by atoms with Crippen molar-refractivity contribution in [3.05, 3.63) is 75.9 Å². The average Bonchev–Trinajstić information content (AvgIpc) is 3.50. The zero-order valence-corrected chi connectivity index (χ0v) is 22.2. The summed E-state index contributed by atoms with van der Waals surface area (Å²) < 4.78 is 17.8. The lowest BCUT2D eigenvalue weighted by atomic mass is 9.58. The first-order chi connectivity index (χ1) is 18.4. The molecule has 0 unspecified atom stereocenters. The van der Waals surface area contributed by atoms with Crippen LogP contribution in [0.4, 0.5) is 4.39 Å². The predicted molar refractivity (Wildman–Crippen MR) is 145 cm³/mol. The van der Waals surface area contributed by atoms with E-state index in [4.69, 9.17) is 0 Å². The van der Waals surface area contributed by atoms with Crippen molar-refractivity contribution in [3.8, 4) is 5.69 Å². The van der Waals surface area contributed by atoms with Gasteiger partial charge in [-0.2, -0.15) is 0 Å². The number of aryl methyl sites for hydroxylation is 1. The average molecular weight is 515 g/mol. The van der Waals surface area contributed by atoms with Gasteiger partial charge in [-0.1, -0.05) is 19.1 Å². The molecular weight excluding hydrogens is 479 g/mol. The topological polar surface area (TPSA) is 71.7 Å². The number of piperidine rings is 1. The molecule has 0 spiro atoms. The third-order valence-corrected chi connectivity index (χ3v) is 8.95. The molecule has 2 saturated carbocycles. The zero-order chi connectivity index (χ0) is 26.0. The highest BCUT2D eigenvalue weighted by molar-refractivity contribution is 5.84. The van der Waals surface area contributed by atoms with Gasteiger partial charge in [-0.05, 0) is 86.2 Å². The van der Waals surface area contributed by atoms with Crippen LogP contribution in [0.2, 0.25) is 0 Å². The summed E-state index contributed by atoms with van der Waals surface area (Å²) in [5.74, 6) is 2.08. The van der Waals surface area contributed by atoms with Gasteiger partial charge in [-0.3, -0.25) is 14.3 Å². The van der Waals surface area contributed by atoms with E-state index in [1.807, 2.05) is 22.2 Å². The number of hydrogen-bond acceptors (Lipinski definition) is 4. The minimum atomic E-state index is -0.761. The number of aromatic nitrogens is 5. The van der Waals surface area contributed by atoms with Crippen molar-refractivity contribution >= 4 is 10.9 Å². The van der Waals surface area contributed by atoms with Gasteiger partial charge in [0.15, 0.2) is 0 Å². The molecule has 8 heteroatoms. The van der Waals surface area contributed by atoms with Gasteiger partial charge < -0.3 is 9.55 Å². The third-order valence-electron chi connectivity index (χ3n) is 8.95. The van der Waals surface area contributed by atoms with Crippen LogP contribution in [0.25, 0.3) is 16.6 Å². The molecule has 4 aromatic rings. The van der Waals surface area contributed by atoms with E-state index >= 15 is 0 Å². The van der Waals surface area contributed by atoms with E-state index in [1.165, 1.54) is 11.1 Å². The van der Waals surface area contributed by atoms with Crippen molar-refractivity contribution in [1.29, 1.82) is 0 Å². The number of hydrogen-bond donors (Lipinski definition) is 1. The van der Waals surface area contributed by atoms with Crippen LogP contribution in [0.15, 0.2) is 47.7 Å². The van der Waals surface area contributed by atoms with Crippen molar-refractivity contribution in [2.75, 3.05) is 13.1 Å². The number of H-pyrrole nitrogens is 1. The normalized spacial score (nSPS) is 26.1. The molecule has 1 aromatic carbocycles. The minimum absolute atomic E-state index is 0.0375. The van der Waals surface area contributed by atoms with Gasteiger partial charge in [0.25, 0.3) is 5.56 Å². The van der Waals surface area contributed by atoms with Crippen LogP contribution in [0.1, 0.15) is 74.0 Å². The lowest BCUT2D eigenvalue weighted by Gasteiger charge is -2.46. The van der Waals surface area contributed by atoms with E-state index < -0.39 is 6.17 Å². The van der Waals surface area contributed by atoms with Gasteiger partial charge in [-0.15, -0.1) is 10.2 Å². The molecule has 1 saturated heterocycles. The first-order valence-electron chi connectivity index (χ1n) is 14.0. The molecule has 3 fully saturated rings. The van der Waals surface area contributed by atoms with Crippen molar-refractivity contribution in [2.24, 2.45) is 13.0 Å². The molecule has 0 bridgehead atoms. The molecule has 1 N–H and O–H groups in total. The Morgan fingerprint density at radius 1 is 1.18 bits per heavy atom. The first kappa shape index (κ1) is 23.8. The van der Waals surface area contributed by atoms with Gasteiger partial charge in [0.05, 0.1) is 5.41 Å². The number of aromatic amines is 1. The molecule has 7 nitrogen and oxygen atoms in total. The van der Waals surface area contributed by atoms with E-state index in [2.05, 4.69) is 57.5 Å². The Bertz CT molecular complexity index is 1560. The molecule has 38 heavy (non-hydrogen) atoms. The molecule has 1 aliphatic heterocycles. The van der Waals surface area contributed by atoms with Crippen molar-refractivity contribution < 1.29 is 4.39 Å². The van der Waals surface area contributed by atoms with Gasteiger partial charge >= 0.3 is 0 Å². The van der Waals surface area contributed by atoms with E-state index in [1.54, 1.807) is 6.33 Å². The Hall–Kier alpha value is -3.26. The Morgan fingerprint density at radius 2 is 2.03 bits per heavy atom. The van der Waals surface area contributed by atoms with Crippen LogP contribution in [0, 0.1) is 5.92 Å². The third kappa shape index (κ3) is 3.92. The van der Waals surface area contributed by atoms with Crippen LogP contribution in [-0.4, -0.2) is 48.5 Å². The van der Waals surface area contributed by atoms with Crippen LogP contribution >= 0.6 is 0 Å². The quantitative estimate of drug-likeness (QED) is 0.394. The Kier molecular flexibility index (Phi) is 5.58. The molecule has 1 atom stereocenters. The van der Waals surface area contributed by atoms with Gasteiger partial charge in [0, 0.05) is 43.1 Å². The van der Waals surface area contributed by atoms with Gasteiger partial charge in [0.1, 0.15) is 23.8 Å². The lowest BCUT2D eigenvalue weighted by Crippen LogP contribution is -2.43. The molecular formula is C30H35FN6O. The maximum absolute atomic E-state index is 14.0. The number of pyridine rings is 1. The van der Waals surface area contributed by atoms with E-state index in [-0.39, 0.29) is 11.0 Å². The van der Waals surface area contributed by atoms with E-state index in [0.29, 0.717) is 36.9 Å². The number of likely N-dealkylation sites (tertiary alicyclic amines) is 1. The molecule has 3 aromatic heterocycles. The standard InChI is InChI=1S/C30H35FN6O/c1-19-13-30(14-19,29-34-32-18-35(29)2)21-5-3-7-24(11-21)37-17-26(20-8-9-20)25-12-23(33-27(25)28(37)38)16-36-10-4-6-22(31)15-36/h3,5,7,11-12,17-20,22,33H,4,6,8-10,13-16H2,1-2H3/t19?,22-,30?/m0/s1. The summed E-state index contributed by atoms with van der Waals surface area (Å²) in [7, 11) is 2.00. The second-order valence-electron chi connectivity index (χ2n) is 12.0. The lowest BCUT2D eigenvalue weighted by molar-refractivity contribution is 0.132. The Labute approximate surface area is 221 Å². The number of halogens is 1. The summed E-state index contributed by atoms with van der Waals surface area (Å²) in [5.41, 5.74) is 4.72. The van der Waals surface area contributed by atoms with Gasteiger partial charge in [0.2, 0.25) is 0 Å². The molecule has 3 aliphatic rings. The summed E-state index contributed by atoms with van der Waals surface area (Å²) in [5, 5.41) is 9.68. The summed E-state index contributed by atoms with van der Waals surface area (Å²) in [6.45, 7) is 4.29. The molecule has 198 valence electrons. The van der Waals surface area contributed by atoms with Crippen molar-refractivity contribution in [1.82, 2.24) is 29.2 Å². The predicted octanol–water partition coefficient (Wildman–Crippen LogP) is 4.97. The SMILES string of the molecule is CC1CC(c2cccc(-n3cc(C4CC4)c4cc(CN5CCC[C@H](F)C5)[nH]c4c3=O)c2)(c2nncn2C)C1. The molecule has 2 aliphatic carbocycles. The van der Waals surface area contributed by atoms with Crippen LogP contribution < -0.4 is 5.56 Å². The summed E-state index contributed by atoms with van der Waals surface area (Å²) in [6.07, 6.45) is 8.93. The van der Waals surface area contributed by atoms with Crippen molar-refractivity contribution in [2.45, 2.75) is 69.5 Å². The fourth-order valence-corrected chi connectivity index (χ4v) is 7.02. The highest BCUT2D eigenvalue weighted by Gasteiger charge is 2.48. The molecule has 0 radical (unpaired) electrons. The highest BCUT2D eigenvalue weighted by Crippen LogP contribution is 2.51. The number of fused-ring (bicyclic) bond motifs is 1. The summed E-state index contributed by atoms with van der Waals surface area (Å²) >= 11 is 0. The largest absolute Gasteiger partial charge is 0.353 e. The first-order valence-corrected chi connectivity index (χ1v) is 14.0. The maximum atomic E-state index is 14.0. The highest BCUT2D eigenvalue weighted by atomic mass is 19.1. The Morgan fingerprint density at radius 3 is 2.74 bits per heavy atom. The second-order valence-corrected chi connectivity index (χ2v) is 12.0. The number of nitrogens with zero attached hydrogens (tertiary/aromatic N) is 5. The van der Waals surface area contributed by atoms with E-state index in [9.17, 15) is 9.18 Å². The smallest absolute Gasteiger partial charge is 0.279 e. The fraction of sp³-hybridized carbons (Fsp3) is 0.500. The maximum Gasteiger partial charge on any atom is 0.279 e.